The lowest BCUT2D eigenvalue weighted by Crippen LogP contribution is -1.92. The molecule has 0 bridgehead atoms. The van der Waals surface area contributed by atoms with E-state index in [0.717, 1.165) is 27.7 Å². The predicted octanol–water partition coefficient (Wildman–Crippen LogP) is 6.67. The average Bonchev–Trinajstić information content (AvgIpc) is 2.62. The van der Waals surface area contributed by atoms with E-state index in [2.05, 4.69) is 0 Å². The molecule has 0 radical (unpaired) electrons. The summed E-state index contributed by atoms with van der Waals surface area (Å²) in [5, 5.41) is 1.45. The summed E-state index contributed by atoms with van der Waals surface area (Å²) < 4.78 is 14.4. The van der Waals surface area contributed by atoms with Gasteiger partial charge in [0.25, 0.3) is 0 Å². The third kappa shape index (κ3) is 3.01. The number of benzene rings is 3. The number of hydrogen-bond donors (Lipinski definition) is 0. The molecule has 0 spiro atoms. The molecule has 4 aromatic rings. The second kappa shape index (κ2) is 6.30. The summed E-state index contributed by atoms with van der Waals surface area (Å²) in [6.07, 6.45) is 0. The van der Waals surface area contributed by atoms with Crippen molar-refractivity contribution >= 4 is 22.5 Å². The van der Waals surface area contributed by atoms with Gasteiger partial charge in [0.15, 0.2) is 0 Å². The van der Waals surface area contributed by atoms with Crippen molar-refractivity contribution in [3.05, 3.63) is 89.2 Å². The first-order valence-electron chi connectivity index (χ1n) is 8.04. The predicted molar refractivity (Wildman–Crippen MR) is 102 cm³/mol. The fourth-order valence-electron chi connectivity index (χ4n) is 2.97. The minimum absolute atomic E-state index is 0.259. The van der Waals surface area contributed by atoms with E-state index < -0.39 is 0 Å². The van der Waals surface area contributed by atoms with Crippen molar-refractivity contribution in [2.75, 3.05) is 0 Å². The summed E-state index contributed by atoms with van der Waals surface area (Å²) in [6, 6.07) is 22.4. The van der Waals surface area contributed by atoms with Crippen LogP contribution in [0, 0.1) is 12.7 Å². The quantitative estimate of drug-likeness (QED) is 0.394. The van der Waals surface area contributed by atoms with Crippen molar-refractivity contribution in [1.29, 1.82) is 0 Å². The number of hydrogen-bond acceptors (Lipinski definition) is 1. The maximum Gasteiger partial charge on any atom is 0.131 e. The van der Waals surface area contributed by atoms with Gasteiger partial charge in [-0.3, -0.25) is 0 Å². The Bertz CT molecular complexity index is 1070. The van der Waals surface area contributed by atoms with Gasteiger partial charge in [-0.05, 0) is 42.8 Å². The Kier molecular flexibility index (Phi) is 3.98. The van der Waals surface area contributed by atoms with Gasteiger partial charge in [-0.15, -0.1) is 0 Å². The van der Waals surface area contributed by atoms with Crippen LogP contribution in [-0.2, 0) is 0 Å². The van der Waals surface area contributed by atoms with Crippen molar-refractivity contribution < 1.29 is 4.39 Å². The van der Waals surface area contributed by atoms with E-state index >= 15 is 0 Å². The highest BCUT2D eigenvalue weighted by molar-refractivity contribution is 6.31. The summed E-state index contributed by atoms with van der Waals surface area (Å²) in [5.74, 6) is -0.259. The van der Waals surface area contributed by atoms with Crippen LogP contribution in [0.3, 0.4) is 0 Å². The summed E-state index contributed by atoms with van der Waals surface area (Å²) in [6.45, 7) is 2.05. The SMILES string of the molecule is Cc1ccc(-c2cc(-c3ccccc3F)c3cc(Cl)ccc3n2)cc1. The maximum absolute atomic E-state index is 14.4. The van der Waals surface area contributed by atoms with Gasteiger partial charge in [-0.25, -0.2) is 9.37 Å². The number of rotatable bonds is 2. The Morgan fingerprint density at radius 1 is 0.840 bits per heavy atom. The highest BCUT2D eigenvalue weighted by atomic mass is 35.5. The first kappa shape index (κ1) is 15.8. The van der Waals surface area contributed by atoms with E-state index in [4.69, 9.17) is 16.6 Å². The summed E-state index contributed by atoms with van der Waals surface area (Å²) >= 11 is 6.17. The monoisotopic (exact) mass is 347 g/mol. The molecule has 0 atom stereocenters. The molecule has 1 heterocycles. The fourth-order valence-corrected chi connectivity index (χ4v) is 3.14. The van der Waals surface area contributed by atoms with Crippen molar-refractivity contribution in [1.82, 2.24) is 4.98 Å². The van der Waals surface area contributed by atoms with E-state index in [-0.39, 0.29) is 5.82 Å². The molecule has 1 aromatic heterocycles. The lowest BCUT2D eigenvalue weighted by Gasteiger charge is -2.11. The van der Waals surface area contributed by atoms with Crippen LogP contribution in [0.15, 0.2) is 72.8 Å². The lowest BCUT2D eigenvalue weighted by molar-refractivity contribution is 0.631. The highest BCUT2D eigenvalue weighted by Crippen LogP contribution is 2.34. The second-order valence-electron chi connectivity index (χ2n) is 6.06. The molecule has 25 heavy (non-hydrogen) atoms. The minimum Gasteiger partial charge on any atom is -0.248 e. The first-order valence-corrected chi connectivity index (χ1v) is 8.42. The molecule has 3 heteroatoms. The molecule has 3 aromatic carbocycles. The molecular weight excluding hydrogens is 333 g/mol. The van der Waals surface area contributed by atoms with Crippen LogP contribution in [0.4, 0.5) is 4.39 Å². The molecule has 0 aliphatic rings. The standard InChI is InChI=1S/C22H15ClFN/c1-14-6-8-15(9-7-14)22-13-18(17-4-2-3-5-20(17)24)19-12-16(23)10-11-21(19)25-22/h2-13H,1H3. The molecule has 0 unspecified atom stereocenters. The Balaban J connectivity index is 2.03. The Morgan fingerprint density at radius 2 is 1.60 bits per heavy atom. The zero-order valence-electron chi connectivity index (χ0n) is 13.6. The van der Waals surface area contributed by atoms with Crippen molar-refractivity contribution in [2.24, 2.45) is 0 Å². The Morgan fingerprint density at radius 3 is 2.36 bits per heavy atom. The lowest BCUT2D eigenvalue weighted by atomic mass is 9.97. The van der Waals surface area contributed by atoms with E-state index in [0.29, 0.717) is 10.6 Å². The highest BCUT2D eigenvalue weighted by Gasteiger charge is 2.13. The van der Waals surface area contributed by atoms with E-state index in [1.54, 1.807) is 18.2 Å². The molecule has 4 rings (SSSR count). The van der Waals surface area contributed by atoms with Crippen LogP contribution in [0.1, 0.15) is 5.56 Å². The largest absolute Gasteiger partial charge is 0.248 e. The first-order chi connectivity index (χ1) is 12.1. The van der Waals surface area contributed by atoms with Gasteiger partial charge in [-0.1, -0.05) is 59.6 Å². The normalized spacial score (nSPS) is 11.0. The second-order valence-corrected chi connectivity index (χ2v) is 6.50. The summed E-state index contributed by atoms with van der Waals surface area (Å²) in [4.78, 5) is 4.75. The molecule has 0 amide bonds. The van der Waals surface area contributed by atoms with E-state index in [9.17, 15) is 4.39 Å². The van der Waals surface area contributed by atoms with E-state index in [1.807, 2.05) is 55.5 Å². The molecule has 0 aliphatic carbocycles. The van der Waals surface area contributed by atoms with Crippen molar-refractivity contribution in [3.63, 3.8) is 0 Å². The van der Waals surface area contributed by atoms with Crippen LogP contribution in [0.5, 0.6) is 0 Å². The number of aromatic nitrogens is 1. The molecule has 0 N–H and O–H groups in total. The van der Waals surface area contributed by atoms with Gasteiger partial charge >= 0.3 is 0 Å². The van der Waals surface area contributed by atoms with Crippen LogP contribution >= 0.6 is 11.6 Å². The van der Waals surface area contributed by atoms with Gasteiger partial charge < -0.3 is 0 Å². The van der Waals surface area contributed by atoms with Crippen LogP contribution in [-0.4, -0.2) is 4.98 Å². The topological polar surface area (TPSA) is 12.9 Å². The zero-order chi connectivity index (χ0) is 17.4. The Labute approximate surface area is 150 Å². The summed E-state index contributed by atoms with van der Waals surface area (Å²) in [5.41, 5.74) is 5.13. The molecule has 0 fully saturated rings. The number of pyridine rings is 1. The average molecular weight is 348 g/mol. The molecule has 0 saturated carbocycles. The minimum atomic E-state index is -0.259. The molecule has 0 aliphatic heterocycles. The number of aryl methyl sites for hydroxylation is 1. The zero-order valence-corrected chi connectivity index (χ0v) is 14.4. The maximum atomic E-state index is 14.4. The fraction of sp³-hybridized carbons (Fsp3) is 0.0455. The molecule has 0 saturated heterocycles. The van der Waals surface area contributed by atoms with Gasteiger partial charge in [-0.2, -0.15) is 0 Å². The van der Waals surface area contributed by atoms with Crippen LogP contribution < -0.4 is 0 Å². The molecular formula is C22H15ClFN. The molecule has 1 nitrogen and oxygen atoms in total. The van der Waals surface area contributed by atoms with Crippen LogP contribution in [0.25, 0.3) is 33.3 Å². The third-order valence-electron chi connectivity index (χ3n) is 4.28. The van der Waals surface area contributed by atoms with Gasteiger partial charge in [0.2, 0.25) is 0 Å². The summed E-state index contributed by atoms with van der Waals surface area (Å²) in [7, 11) is 0. The van der Waals surface area contributed by atoms with Crippen LogP contribution in [0.2, 0.25) is 5.02 Å². The number of nitrogens with zero attached hydrogens (tertiary/aromatic N) is 1. The third-order valence-corrected chi connectivity index (χ3v) is 4.52. The number of fused-ring (bicyclic) bond motifs is 1. The van der Waals surface area contributed by atoms with E-state index in [1.165, 1.54) is 11.6 Å². The smallest absolute Gasteiger partial charge is 0.131 e. The van der Waals surface area contributed by atoms with Gasteiger partial charge in [0, 0.05) is 21.5 Å². The van der Waals surface area contributed by atoms with Gasteiger partial charge in [0.1, 0.15) is 5.82 Å². The molecule has 122 valence electrons. The van der Waals surface area contributed by atoms with Gasteiger partial charge in [0.05, 0.1) is 11.2 Å². The van der Waals surface area contributed by atoms with Crippen molar-refractivity contribution in [3.8, 4) is 22.4 Å². The van der Waals surface area contributed by atoms with Crippen molar-refractivity contribution in [2.45, 2.75) is 6.92 Å². The Hall–Kier alpha value is -2.71. The number of halogens is 2.